The zero-order valence-corrected chi connectivity index (χ0v) is 11.9. The van der Waals surface area contributed by atoms with Gasteiger partial charge in [-0.25, -0.2) is 4.98 Å². The van der Waals surface area contributed by atoms with Crippen molar-refractivity contribution in [1.29, 1.82) is 0 Å². The van der Waals surface area contributed by atoms with Gasteiger partial charge < -0.3 is 10.1 Å². The Bertz CT molecular complexity index is 387. The van der Waals surface area contributed by atoms with Crippen molar-refractivity contribution in [3.63, 3.8) is 0 Å². The minimum absolute atomic E-state index is 0.0155. The minimum atomic E-state index is -0.225. The summed E-state index contributed by atoms with van der Waals surface area (Å²) in [5, 5.41) is 3.28. The number of rotatable bonds is 6. The smallest absolute Gasteiger partial charge is 0.251 e. The molecule has 0 aliphatic heterocycles. The molecule has 1 aromatic heterocycles. The fourth-order valence-electron chi connectivity index (χ4n) is 1.61. The van der Waals surface area contributed by atoms with E-state index in [1.54, 1.807) is 7.11 Å². The van der Waals surface area contributed by atoms with Gasteiger partial charge in [0.25, 0.3) is 5.91 Å². The predicted molar refractivity (Wildman–Crippen MR) is 72.3 cm³/mol. The summed E-state index contributed by atoms with van der Waals surface area (Å²) in [5.74, 6) is -0.225. The lowest BCUT2D eigenvalue weighted by Crippen LogP contribution is -2.37. The maximum atomic E-state index is 12.0. The zero-order valence-electron chi connectivity index (χ0n) is 10.4. The number of nitrogens with zero attached hydrogens (tertiary/aromatic N) is 1. The van der Waals surface area contributed by atoms with Crippen LogP contribution in [0.25, 0.3) is 0 Å². The molecule has 18 heavy (non-hydrogen) atoms. The molecule has 1 N–H and O–H groups in total. The van der Waals surface area contributed by atoms with E-state index in [0.717, 1.165) is 12.8 Å². The van der Waals surface area contributed by atoms with Gasteiger partial charge in [-0.05, 0) is 18.6 Å². The summed E-state index contributed by atoms with van der Waals surface area (Å²) in [4.78, 5) is 15.8. The van der Waals surface area contributed by atoms with Crippen molar-refractivity contribution in [2.45, 2.75) is 25.8 Å². The Kier molecular flexibility index (Phi) is 6.39. The van der Waals surface area contributed by atoms with Crippen LogP contribution in [0.4, 0.5) is 0 Å². The molecule has 6 heteroatoms. The monoisotopic (exact) mass is 290 g/mol. The fraction of sp³-hybridized carbons (Fsp3) is 0.500. The number of hydrogen-bond donors (Lipinski definition) is 1. The molecular formula is C12H16Cl2N2O2. The summed E-state index contributed by atoms with van der Waals surface area (Å²) in [6.07, 6.45) is 1.82. The number of carbonyl (C=O) groups is 1. The summed E-state index contributed by atoms with van der Waals surface area (Å²) in [6, 6.07) is 2.95. The molecule has 1 aromatic rings. The molecule has 0 saturated carbocycles. The van der Waals surface area contributed by atoms with E-state index in [1.807, 2.05) is 0 Å². The SMILES string of the molecule is CCCC(COC)NC(=O)c1cc(Cl)nc(Cl)c1. The van der Waals surface area contributed by atoms with Crippen molar-refractivity contribution in [2.75, 3.05) is 13.7 Å². The quantitative estimate of drug-likeness (QED) is 0.820. The predicted octanol–water partition coefficient (Wildman–Crippen LogP) is 2.93. The van der Waals surface area contributed by atoms with E-state index in [2.05, 4.69) is 17.2 Å². The van der Waals surface area contributed by atoms with Crippen LogP contribution in [0.2, 0.25) is 10.3 Å². The van der Waals surface area contributed by atoms with Crippen molar-refractivity contribution in [2.24, 2.45) is 0 Å². The Balaban J connectivity index is 2.73. The lowest BCUT2D eigenvalue weighted by atomic mass is 10.1. The van der Waals surface area contributed by atoms with Gasteiger partial charge in [0, 0.05) is 12.7 Å². The van der Waals surface area contributed by atoms with Crippen molar-refractivity contribution in [3.05, 3.63) is 28.0 Å². The van der Waals surface area contributed by atoms with E-state index in [-0.39, 0.29) is 22.3 Å². The van der Waals surface area contributed by atoms with Crippen LogP contribution in [0.5, 0.6) is 0 Å². The van der Waals surface area contributed by atoms with Crippen LogP contribution in [0.1, 0.15) is 30.1 Å². The molecule has 0 radical (unpaired) electrons. The maximum absolute atomic E-state index is 12.0. The molecule has 0 aromatic carbocycles. The van der Waals surface area contributed by atoms with Crippen molar-refractivity contribution in [3.8, 4) is 0 Å². The second-order valence-electron chi connectivity index (χ2n) is 3.92. The molecular weight excluding hydrogens is 275 g/mol. The van der Waals surface area contributed by atoms with Gasteiger partial charge in [0.1, 0.15) is 10.3 Å². The minimum Gasteiger partial charge on any atom is -0.383 e. The number of aromatic nitrogens is 1. The highest BCUT2D eigenvalue weighted by Crippen LogP contribution is 2.14. The maximum Gasteiger partial charge on any atom is 0.251 e. The van der Waals surface area contributed by atoms with Crippen LogP contribution in [-0.4, -0.2) is 30.6 Å². The Morgan fingerprint density at radius 3 is 2.56 bits per heavy atom. The second kappa shape index (κ2) is 7.56. The Morgan fingerprint density at radius 2 is 2.06 bits per heavy atom. The summed E-state index contributed by atoms with van der Waals surface area (Å²) < 4.78 is 5.06. The number of nitrogens with one attached hydrogen (secondary N) is 1. The molecule has 0 fully saturated rings. The van der Waals surface area contributed by atoms with E-state index in [9.17, 15) is 4.79 Å². The van der Waals surface area contributed by atoms with Gasteiger partial charge in [0.15, 0.2) is 0 Å². The third kappa shape index (κ3) is 4.80. The molecule has 0 bridgehead atoms. The Labute approximate surface area is 117 Å². The van der Waals surface area contributed by atoms with Crippen LogP contribution >= 0.6 is 23.2 Å². The number of halogens is 2. The number of carbonyl (C=O) groups excluding carboxylic acids is 1. The molecule has 100 valence electrons. The largest absolute Gasteiger partial charge is 0.383 e. The van der Waals surface area contributed by atoms with E-state index < -0.39 is 0 Å². The number of hydrogen-bond acceptors (Lipinski definition) is 3. The number of pyridine rings is 1. The van der Waals surface area contributed by atoms with Crippen LogP contribution in [0.15, 0.2) is 12.1 Å². The Hall–Kier alpha value is -0.840. The lowest BCUT2D eigenvalue weighted by Gasteiger charge is -2.17. The van der Waals surface area contributed by atoms with E-state index in [0.29, 0.717) is 12.2 Å². The van der Waals surface area contributed by atoms with Gasteiger partial charge in [-0.3, -0.25) is 4.79 Å². The summed E-state index contributed by atoms with van der Waals surface area (Å²) in [7, 11) is 1.61. The average Bonchev–Trinajstić information content (AvgIpc) is 2.28. The molecule has 1 amide bonds. The third-order valence-electron chi connectivity index (χ3n) is 2.37. The van der Waals surface area contributed by atoms with Crippen LogP contribution in [0, 0.1) is 0 Å². The van der Waals surface area contributed by atoms with Gasteiger partial charge in [0.05, 0.1) is 12.6 Å². The van der Waals surface area contributed by atoms with Crippen LogP contribution in [-0.2, 0) is 4.74 Å². The van der Waals surface area contributed by atoms with E-state index in [4.69, 9.17) is 27.9 Å². The van der Waals surface area contributed by atoms with Gasteiger partial charge in [-0.15, -0.1) is 0 Å². The van der Waals surface area contributed by atoms with Gasteiger partial charge in [0.2, 0.25) is 0 Å². The van der Waals surface area contributed by atoms with Crippen molar-refractivity contribution in [1.82, 2.24) is 10.3 Å². The number of ether oxygens (including phenoxy) is 1. The van der Waals surface area contributed by atoms with Crippen LogP contribution in [0.3, 0.4) is 0 Å². The van der Waals surface area contributed by atoms with E-state index in [1.165, 1.54) is 12.1 Å². The zero-order chi connectivity index (χ0) is 13.5. The molecule has 1 unspecified atom stereocenters. The molecule has 1 atom stereocenters. The molecule has 0 saturated heterocycles. The highest BCUT2D eigenvalue weighted by molar-refractivity contribution is 6.33. The third-order valence-corrected chi connectivity index (χ3v) is 2.75. The van der Waals surface area contributed by atoms with E-state index >= 15 is 0 Å². The molecule has 0 aliphatic rings. The topological polar surface area (TPSA) is 51.2 Å². The first-order chi connectivity index (χ1) is 8.56. The average molecular weight is 291 g/mol. The van der Waals surface area contributed by atoms with Crippen molar-refractivity contribution >= 4 is 29.1 Å². The number of methoxy groups -OCH3 is 1. The summed E-state index contributed by atoms with van der Waals surface area (Å²) in [6.45, 7) is 2.53. The number of amides is 1. The molecule has 0 aliphatic carbocycles. The fourth-order valence-corrected chi connectivity index (χ4v) is 2.07. The Morgan fingerprint density at radius 1 is 1.44 bits per heavy atom. The molecule has 4 nitrogen and oxygen atoms in total. The first kappa shape index (κ1) is 15.2. The summed E-state index contributed by atoms with van der Waals surface area (Å²) in [5.41, 5.74) is 0.400. The highest BCUT2D eigenvalue weighted by atomic mass is 35.5. The normalized spacial score (nSPS) is 12.2. The molecule has 1 rings (SSSR count). The van der Waals surface area contributed by atoms with Gasteiger partial charge in [-0.1, -0.05) is 36.5 Å². The second-order valence-corrected chi connectivity index (χ2v) is 4.69. The van der Waals surface area contributed by atoms with Crippen molar-refractivity contribution < 1.29 is 9.53 Å². The first-order valence-corrected chi connectivity index (χ1v) is 6.45. The molecule has 1 heterocycles. The summed E-state index contributed by atoms with van der Waals surface area (Å²) >= 11 is 11.5. The van der Waals surface area contributed by atoms with Gasteiger partial charge in [-0.2, -0.15) is 0 Å². The standard InChI is InChI=1S/C12H16Cl2N2O2/c1-3-4-9(7-18-2)15-12(17)8-5-10(13)16-11(14)6-8/h5-6,9H,3-4,7H2,1-2H3,(H,15,17). The lowest BCUT2D eigenvalue weighted by molar-refractivity contribution is 0.0891. The molecule has 0 spiro atoms. The van der Waals surface area contributed by atoms with Crippen LogP contribution < -0.4 is 5.32 Å². The van der Waals surface area contributed by atoms with Gasteiger partial charge >= 0.3 is 0 Å². The highest BCUT2D eigenvalue weighted by Gasteiger charge is 2.14. The first-order valence-electron chi connectivity index (χ1n) is 5.69.